The SMILES string of the molecule is C[Si](C)(C)c1cnc(-c2[c-]cccc2)c2c1CCCC2.[Ir].[c-]1ccc2c(oc3ccccc32)c1-c1nc2ccccc2n1-c1ccccc1. The second kappa shape index (κ2) is 13.7. The van der Waals surface area contributed by atoms with Crippen LogP contribution in [-0.2, 0) is 32.9 Å². The molecular weight excluding hydrogens is 795 g/mol. The normalized spacial score (nSPS) is 12.7. The molecule has 9 rings (SSSR count). The minimum absolute atomic E-state index is 0. The molecule has 0 N–H and O–H groups in total. The van der Waals surface area contributed by atoms with Crippen LogP contribution in [0.15, 0.2) is 126 Å². The van der Waals surface area contributed by atoms with E-state index in [-0.39, 0.29) is 20.1 Å². The molecular formula is C43H37IrN3OSi-2. The van der Waals surface area contributed by atoms with Gasteiger partial charge < -0.3 is 14.0 Å². The van der Waals surface area contributed by atoms with Crippen molar-refractivity contribution in [3.05, 3.63) is 145 Å². The molecule has 3 heterocycles. The third-order valence-electron chi connectivity index (χ3n) is 9.31. The van der Waals surface area contributed by atoms with Crippen molar-refractivity contribution in [2.45, 2.75) is 45.3 Å². The van der Waals surface area contributed by atoms with E-state index in [1.807, 2.05) is 72.8 Å². The van der Waals surface area contributed by atoms with Crippen molar-refractivity contribution in [2.75, 3.05) is 0 Å². The van der Waals surface area contributed by atoms with Crippen LogP contribution in [0.3, 0.4) is 0 Å². The van der Waals surface area contributed by atoms with Crippen LogP contribution in [0.2, 0.25) is 19.6 Å². The van der Waals surface area contributed by atoms with E-state index in [9.17, 15) is 0 Å². The molecule has 4 nitrogen and oxygen atoms in total. The largest absolute Gasteiger partial charge is 0.501 e. The fraction of sp³-hybridized carbons (Fsp3) is 0.163. The van der Waals surface area contributed by atoms with Gasteiger partial charge in [0.1, 0.15) is 5.58 Å². The summed E-state index contributed by atoms with van der Waals surface area (Å²) in [6.45, 7) is 7.27. The van der Waals surface area contributed by atoms with Crippen molar-refractivity contribution in [3.63, 3.8) is 0 Å². The molecule has 0 saturated carbocycles. The molecule has 0 amide bonds. The predicted molar refractivity (Wildman–Crippen MR) is 201 cm³/mol. The van der Waals surface area contributed by atoms with Crippen molar-refractivity contribution < 1.29 is 24.5 Å². The Bertz CT molecular complexity index is 2390. The zero-order chi connectivity index (χ0) is 32.7. The summed E-state index contributed by atoms with van der Waals surface area (Å²) in [5, 5.41) is 3.75. The second-order valence-corrected chi connectivity index (χ2v) is 18.5. The number of imidazole rings is 1. The number of nitrogens with zero attached hydrogens (tertiary/aromatic N) is 3. The van der Waals surface area contributed by atoms with Crippen molar-refractivity contribution in [3.8, 4) is 28.3 Å². The molecule has 0 aliphatic heterocycles. The first-order valence-electron chi connectivity index (χ1n) is 16.8. The van der Waals surface area contributed by atoms with Crippen LogP contribution in [0.5, 0.6) is 0 Å². The third-order valence-corrected chi connectivity index (χ3v) is 11.4. The van der Waals surface area contributed by atoms with Gasteiger partial charge in [0.2, 0.25) is 0 Å². The number of furan rings is 1. The van der Waals surface area contributed by atoms with E-state index in [0.29, 0.717) is 0 Å². The molecule has 3 aromatic heterocycles. The first-order chi connectivity index (χ1) is 23.5. The maximum absolute atomic E-state index is 6.24. The van der Waals surface area contributed by atoms with Crippen LogP contribution >= 0.6 is 0 Å². The second-order valence-electron chi connectivity index (χ2n) is 13.5. The molecule has 245 valence electrons. The number of hydrogen-bond donors (Lipinski definition) is 0. The molecule has 1 radical (unpaired) electrons. The number of aromatic nitrogens is 3. The van der Waals surface area contributed by atoms with Gasteiger partial charge in [-0.1, -0.05) is 90.2 Å². The molecule has 0 atom stereocenters. The van der Waals surface area contributed by atoms with Crippen molar-refractivity contribution in [1.82, 2.24) is 14.5 Å². The average Bonchev–Trinajstić information content (AvgIpc) is 3.71. The molecule has 0 saturated heterocycles. The Labute approximate surface area is 302 Å². The fourth-order valence-electron chi connectivity index (χ4n) is 7.06. The van der Waals surface area contributed by atoms with Crippen LogP contribution in [0, 0.1) is 12.1 Å². The Morgan fingerprint density at radius 1 is 0.714 bits per heavy atom. The van der Waals surface area contributed by atoms with Crippen molar-refractivity contribution in [1.29, 1.82) is 0 Å². The van der Waals surface area contributed by atoms with Crippen LogP contribution in [0.25, 0.3) is 61.3 Å². The van der Waals surface area contributed by atoms with Gasteiger partial charge in [-0.3, -0.25) is 4.98 Å². The van der Waals surface area contributed by atoms with E-state index in [2.05, 4.69) is 85.0 Å². The molecule has 5 aromatic carbocycles. The number of para-hydroxylation sites is 4. The van der Waals surface area contributed by atoms with E-state index in [1.54, 1.807) is 10.8 Å². The van der Waals surface area contributed by atoms with Crippen LogP contribution < -0.4 is 5.19 Å². The first-order valence-corrected chi connectivity index (χ1v) is 20.3. The van der Waals surface area contributed by atoms with Crippen LogP contribution in [0.4, 0.5) is 0 Å². The third kappa shape index (κ3) is 6.21. The number of pyridine rings is 1. The maximum Gasteiger partial charge on any atom is 0.120 e. The molecule has 0 unspecified atom stereocenters. The number of rotatable bonds is 4. The zero-order valence-corrected chi connectivity index (χ0v) is 31.4. The van der Waals surface area contributed by atoms with Gasteiger partial charge in [0.05, 0.1) is 30.5 Å². The Morgan fingerprint density at radius 2 is 1.45 bits per heavy atom. The summed E-state index contributed by atoms with van der Waals surface area (Å²) in [6.07, 6.45) is 7.19. The summed E-state index contributed by atoms with van der Waals surface area (Å²) in [5.41, 5.74) is 11.1. The van der Waals surface area contributed by atoms with Gasteiger partial charge in [-0.2, -0.15) is 0 Å². The van der Waals surface area contributed by atoms with Gasteiger partial charge in [-0.15, -0.1) is 54.1 Å². The van der Waals surface area contributed by atoms with E-state index < -0.39 is 8.07 Å². The minimum Gasteiger partial charge on any atom is -0.501 e. The summed E-state index contributed by atoms with van der Waals surface area (Å²) in [4.78, 5) is 9.78. The van der Waals surface area contributed by atoms with E-state index in [4.69, 9.17) is 14.4 Å². The van der Waals surface area contributed by atoms with Crippen molar-refractivity contribution >= 4 is 46.2 Å². The van der Waals surface area contributed by atoms with Crippen LogP contribution in [0.1, 0.15) is 24.0 Å². The van der Waals surface area contributed by atoms with Gasteiger partial charge in [0.15, 0.2) is 0 Å². The number of fused-ring (bicyclic) bond motifs is 5. The topological polar surface area (TPSA) is 43.9 Å². The van der Waals surface area contributed by atoms with Crippen molar-refractivity contribution in [2.24, 2.45) is 0 Å². The molecule has 8 aromatic rings. The summed E-state index contributed by atoms with van der Waals surface area (Å²) in [6, 6.07) is 45.5. The summed E-state index contributed by atoms with van der Waals surface area (Å²) in [7, 11) is -1.31. The molecule has 0 fully saturated rings. The molecule has 1 aliphatic rings. The monoisotopic (exact) mass is 832 g/mol. The molecule has 6 heteroatoms. The Hall–Kier alpha value is -4.61. The van der Waals surface area contributed by atoms with E-state index in [0.717, 1.165) is 55.6 Å². The summed E-state index contributed by atoms with van der Waals surface area (Å²) < 4.78 is 8.41. The quantitative estimate of drug-likeness (QED) is 0.131. The Balaban J connectivity index is 0.000000160. The summed E-state index contributed by atoms with van der Waals surface area (Å²) in [5.74, 6) is 0.831. The van der Waals surface area contributed by atoms with Gasteiger partial charge in [0, 0.05) is 37.4 Å². The van der Waals surface area contributed by atoms with Gasteiger partial charge in [-0.25, -0.2) is 0 Å². The van der Waals surface area contributed by atoms with Gasteiger partial charge in [0.25, 0.3) is 0 Å². The minimum atomic E-state index is -1.31. The number of benzene rings is 5. The molecule has 0 spiro atoms. The fourth-order valence-corrected chi connectivity index (χ4v) is 8.69. The maximum atomic E-state index is 6.24. The first kappa shape index (κ1) is 32.9. The van der Waals surface area contributed by atoms with E-state index >= 15 is 0 Å². The zero-order valence-electron chi connectivity index (χ0n) is 28.0. The number of hydrogen-bond acceptors (Lipinski definition) is 3. The van der Waals surface area contributed by atoms with Gasteiger partial charge >= 0.3 is 0 Å². The van der Waals surface area contributed by atoms with E-state index in [1.165, 1.54) is 36.9 Å². The molecule has 49 heavy (non-hydrogen) atoms. The summed E-state index contributed by atoms with van der Waals surface area (Å²) >= 11 is 0. The van der Waals surface area contributed by atoms with Crippen LogP contribution in [-0.4, -0.2) is 22.6 Å². The Morgan fingerprint density at radius 3 is 2.24 bits per heavy atom. The molecule has 0 bridgehead atoms. The standard InChI is InChI=1S/C25H15N2O.C18H22NSi.Ir/c1-2-9-17(10-3-1)27-22-15-6-5-14-21(22)26-25(27)20-13-8-12-19-18-11-4-7-16-23(18)28-24(19)20;1-20(2,3)17-13-19-18(14-9-5-4-6-10-14)16-12-8-7-11-15(16)17;/h1-12,14-16H;4-6,9,13H,7-8,11-12H2,1-3H3;/q2*-1;. The smallest absolute Gasteiger partial charge is 0.120 e. The average molecular weight is 832 g/mol. The Kier molecular flexibility index (Phi) is 9.21. The predicted octanol–water partition coefficient (Wildman–Crippen LogP) is 10.4. The molecule has 1 aliphatic carbocycles. The van der Waals surface area contributed by atoms with Gasteiger partial charge in [-0.05, 0) is 66.9 Å².